The molecule has 2 aromatic carbocycles. The van der Waals surface area contributed by atoms with Crippen LogP contribution < -0.4 is 15.5 Å². The van der Waals surface area contributed by atoms with Crippen molar-refractivity contribution in [1.82, 2.24) is 15.3 Å². The Hall–Kier alpha value is -3.20. The van der Waals surface area contributed by atoms with Crippen LogP contribution in [0.15, 0.2) is 53.4 Å². The Morgan fingerprint density at radius 1 is 1.00 bits per heavy atom. The molecule has 3 aromatic rings. The van der Waals surface area contributed by atoms with E-state index < -0.39 is 9.84 Å². The summed E-state index contributed by atoms with van der Waals surface area (Å²) in [5.74, 6) is 1.52. The molecule has 1 heterocycles. The van der Waals surface area contributed by atoms with E-state index >= 15 is 0 Å². The van der Waals surface area contributed by atoms with Crippen LogP contribution in [0.4, 0.5) is 11.8 Å². The van der Waals surface area contributed by atoms with Crippen LogP contribution >= 0.6 is 0 Å². The highest BCUT2D eigenvalue weighted by molar-refractivity contribution is 7.90. The first-order chi connectivity index (χ1) is 16.2. The molecule has 1 aliphatic carbocycles. The van der Waals surface area contributed by atoms with Gasteiger partial charge in [0.15, 0.2) is 9.84 Å². The number of amides is 1. The lowest BCUT2D eigenvalue weighted by Gasteiger charge is -2.28. The average Bonchev–Trinajstić information content (AvgIpc) is 2.82. The summed E-state index contributed by atoms with van der Waals surface area (Å²) in [6.45, 7) is 0.388. The normalized spacial score (nSPS) is 18.4. The van der Waals surface area contributed by atoms with Gasteiger partial charge >= 0.3 is 0 Å². The first-order valence-corrected chi connectivity index (χ1v) is 13.4. The number of rotatable bonds is 7. The van der Waals surface area contributed by atoms with Gasteiger partial charge in [-0.1, -0.05) is 24.3 Å². The van der Waals surface area contributed by atoms with Gasteiger partial charge in [-0.25, -0.2) is 13.4 Å². The minimum absolute atomic E-state index is 0.0248. The lowest BCUT2D eigenvalue weighted by atomic mass is 9.85. The van der Waals surface area contributed by atoms with Gasteiger partial charge < -0.3 is 15.5 Å². The summed E-state index contributed by atoms with van der Waals surface area (Å²) >= 11 is 0. The minimum Gasteiger partial charge on any atom is -0.362 e. The molecule has 0 radical (unpaired) electrons. The maximum atomic E-state index is 12.7. The van der Waals surface area contributed by atoms with Crippen LogP contribution in [0, 0.1) is 5.92 Å². The lowest BCUT2D eigenvalue weighted by molar-refractivity contribution is -0.126. The molecule has 8 nitrogen and oxygen atoms in total. The largest absolute Gasteiger partial charge is 0.362 e. The first-order valence-electron chi connectivity index (χ1n) is 11.5. The van der Waals surface area contributed by atoms with Crippen molar-refractivity contribution in [3.05, 3.63) is 54.1 Å². The van der Waals surface area contributed by atoms with E-state index in [0.29, 0.717) is 12.5 Å². The lowest BCUT2D eigenvalue weighted by Crippen LogP contribution is -2.35. The Balaban J connectivity index is 1.31. The molecule has 180 valence electrons. The van der Waals surface area contributed by atoms with E-state index in [9.17, 15) is 13.2 Å². The van der Waals surface area contributed by atoms with Gasteiger partial charge in [0.05, 0.1) is 10.4 Å². The summed E-state index contributed by atoms with van der Waals surface area (Å²) in [6, 6.07) is 14.8. The predicted octanol–water partition coefficient (Wildman–Crippen LogP) is 3.39. The first kappa shape index (κ1) is 23.9. The molecule has 0 spiro atoms. The topological polar surface area (TPSA) is 104 Å². The van der Waals surface area contributed by atoms with Gasteiger partial charge in [0.25, 0.3) is 0 Å². The number of para-hydroxylation sites is 1. The third-order valence-electron chi connectivity index (χ3n) is 6.26. The quantitative estimate of drug-likeness (QED) is 0.533. The zero-order valence-corrected chi connectivity index (χ0v) is 20.6. The standard InChI is InChI=1S/C25H31N5O3S/c1-30(2)23-21-6-4-5-7-22(21)28-25(29-23)27-19-12-10-18(11-13-19)24(31)26-16-17-8-14-20(15-9-17)34(3,32)33/h4-9,14-15,18-19H,10-13,16H2,1-3H3,(H,26,31)(H,27,28,29)/t18-,19+. The molecule has 0 atom stereocenters. The van der Waals surface area contributed by atoms with E-state index in [-0.39, 0.29) is 22.8 Å². The number of aromatic nitrogens is 2. The molecule has 1 aromatic heterocycles. The molecular weight excluding hydrogens is 450 g/mol. The third-order valence-corrected chi connectivity index (χ3v) is 7.38. The van der Waals surface area contributed by atoms with Crippen molar-refractivity contribution in [2.45, 2.75) is 43.2 Å². The van der Waals surface area contributed by atoms with Crippen molar-refractivity contribution < 1.29 is 13.2 Å². The molecular formula is C25H31N5O3S. The van der Waals surface area contributed by atoms with Gasteiger partial charge in [-0.3, -0.25) is 4.79 Å². The molecule has 4 rings (SSSR count). The van der Waals surface area contributed by atoms with Gasteiger partial charge in [-0.05, 0) is 55.5 Å². The van der Waals surface area contributed by atoms with Crippen LogP contribution in [-0.4, -0.2) is 50.7 Å². The van der Waals surface area contributed by atoms with E-state index in [4.69, 9.17) is 4.98 Å². The van der Waals surface area contributed by atoms with Crippen LogP contribution in [-0.2, 0) is 21.2 Å². The number of benzene rings is 2. The highest BCUT2D eigenvalue weighted by Gasteiger charge is 2.26. The number of hydrogen-bond acceptors (Lipinski definition) is 7. The Labute approximate surface area is 200 Å². The molecule has 0 saturated heterocycles. The fourth-order valence-electron chi connectivity index (χ4n) is 4.34. The molecule has 1 saturated carbocycles. The number of nitrogens with one attached hydrogen (secondary N) is 2. The average molecular weight is 482 g/mol. The van der Waals surface area contributed by atoms with Gasteiger partial charge in [-0.15, -0.1) is 0 Å². The Kier molecular flexibility index (Phi) is 7.02. The number of carbonyl (C=O) groups is 1. The number of nitrogens with zero attached hydrogens (tertiary/aromatic N) is 3. The molecule has 9 heteroatoms. The van der Waals surface area contributed by atoms with Crippen molar-refractivity contribution in [2.24, 2.45) is 5.92 Å². The van der Waals surface area contributed by atoms with Crippen molar-refractivity contribution in [2.75, 3.05) is 30.6 Å². The fraction of sp³-hybridized carbons (Fsp3) is 0.400. The fourth-order valence-corrected chi connectivity index (χ4v) is 4.97. The maximum absolute atomic E-state index is 12.7. The smallest absolute Gasteiger partial charge is 0.225 e. The van der Waals surface area contributed by atoms with E-state index in [2.05, 4.69) is 15.6 Å². The van der Waals surface area contributed by atoms with Crippen molar-refractivity contribution >= 4 is 38.4 Å². The Bertz CT molecular complexity index is 1270. The number of carbonyl (C=O) groups excluding carboxylic acids is 1. The van der Waals surface area contributed by atoms with E-state index in [0.717, 1.165) is 48.0 Å². The monoisotopic (exact) mass is 481 g/mol. The SMILES string of the molecule is CN(C)c1nc(N[C@H]2CC[C@@H](C(=O)NCc3ccc(S(C)(=O)=O)cc3)CC2)nc2ccccc12. The highest BCUT2D eigenvalue weighted by Crippen LogP contribution is 2.28. The zero-order valence-electron chi connectivity index (χ0n) is 19.8. The van der Waals surface area contributed by atoms with Crippen LogP contribution in [0.3, 0.4) is 0 Å². The highest BCUT2D eigenvalue weighted by atomic mass is 32.2. The summed E-state index contributed by atoms with van der Waals surface area (Å²) in [5, 5.41) is 7.48. The summed E-state index contributed by atoms with van der Waals surface area (Å²) in [7, 11) is 0.731. The number of anilines is 2. The molecule has 0 unspecified atom stereocenters. The van der Waals surface area contributed by atoms with Crippen LogP contribution in [0.2, 0.25) is 0 Å². The molecule has 1 amide bonds. The molecule has 0 aliphatic heterocycles. The van der Waals surface area contributed by atoms with Gasteiger partial charge in [-0.2, -0.15) is 4.98 Å². The van der Waals surface area contributed by atoms with E-state index in [1.54, 1.807) is 24.3 Å². The minimum atomic E-state index is -3.22. The van der Waals surface area contributed by atoms with Gasteiger partial charge in [0.1, 0.15) is 5.82 Å². The molecule has 0 bridgehead atoms. The van der Waals surface area contributed by atoms with Crippen LogP contribution in [0.1, 0.15) is 31.2 Å². The third kappa shape index (κ3) is 5.64. The summed E-state index contributed by atoms with van der Waals surface area (Å²) in [6.07, 6.45) is 4.51. The van der Waals surface area contributed by atoms with Gasteiger partial charge in [0, 0.05) is 44.2 Å². The second-order valence-electron chi connectivity index (χ2n) is 9.11. The van der Waals surface area contributed by atoms with E-state index in [1.807, 2.05) is 43.3 Å². The summed E-state index contributed by atoms with van der Waals surface area (Å²) in [4.78, 5) is 24.3. The van der Waals surface area contributed by atoms with Crippen LogP contribution in [0.5, 0.6) is 0 Å². The summed E-state index contributed by atoms with van der Waals surface area (Å²) in [5.41, 5.74) is 1.78. The van der Waals surface area contributed by atoms with Crippen molar-refractivity contribution in [3.63, 3.8) is 0 Å². The number of fused-ring (bicyclic) bond motifs is 1. The van der Waals surface area contributed by atoms with Gasteiger partial charge in [0.2, 0.25) is 11.9 Å². The Morgan fingerprint density at radius 2 is 1.68 bits per heavy atom. The zero-order chi connectivity index (χ0) is 24.3. The Morgan fingerprint density at radius 3 is 2.32 bits per heavy atom. The maximum Gasteiger partial charge on any atom is 0.225 e. The van der Waals surface area contributed by atoms with E-state index in [1.165, 1.54) is 6.26 Å². The number of sulfone groups is 1. The molecule has 1 fully saturated rings. The van der Waals surface area contributed by atoms with Crippen molar-refractivity contribution in [1.29, 1.82) is 0 Å². The molecule has 1 aliphatic rings. The summed E-state index contributed by atoms with van der Waals surface area (Å²) < 4.78 is 23.2. The number of hydrogen-bond donors (Lipinski definition) is 2. The second kappa shape index (κ2) is 9.97. The van der Waals surface area contributed by atoms with Crippen LogP contribution in [0.25, 0.3) is 10.9 Å². The molecule has 2 N–H and O–H groups in total. The molecule has 34 heavy (non-hydrogen) atoms. The second-order valence-corrected chi connectivity index (χ2v) is 11.1. The van der Waals surface area contributed by atoms with Crippen molar-refractivity contribution in [3.8, 4) is 0 Å². The predicted molar refractivity (Wildman–Crippen MR) is 135 cm³/mol.